The van der Waals surface area contributed by atoms with E-state index in [0.29, 0.717) is 29.2 Å². The lowest BCUT2D eigenvalue weighted by Gasteiger charge is -2.27. The number of Topliss-reactive ketones (excluding diaryl/α,β-unsaturated/α-hetero) is 1. The molecule has 0 amide bonds. The molecule has 0 spiro atoms. The van der Waals surface area contributed by atoms with Gasteiger partial charge in [-0.05, 0) is 99.7 Å². The maximum absolute atomic E-state index is 13.5. The Morgan fingerprint density at radius 1 is 0.842 bits per heavy atom. The maximum atomic E-state index is 13.5. The molecule has 1 aromatic carbocycles. The summed E-state index contributed by atoms with van der Waals surface area (Å²) < 4.78 is 11.9. The van der Waals surface area contributed by atoms with Crippen molar-refractivity contribution in [3.8, 4) is 11.5 Å². The molecular formula is C32H49NO5. The van der Waals surface area contributed by atoms with E-state index in [0.717, 1.165) is 38.5 Å². The summed E-state index contributed by atoms with van der Waals surface area (Å²) in [7, 11) is 0. The molecule has 2 aliphatic carbocycles. The Bertz CT molecular complexity index is 1050. The second-order valence-corrected chi connectivity index (χ2v) is 14.3. The summed E-state index contributed by atoms with van der Waals surface area (Å²) in [6.45, 7) is 18.4. The molecule has 0 heterocycles. The third-order valence-electron chi connectivity index (χ3n) is 9.28. The molecule has 2 N–H and O–H groups in total. The molecular weight excluding hydrogens is 478 g/mol. The van der Waals surface area contributed by atoms with Crippen LogP contribution in [0.2, 0.25) is 0 Å². The maximum Gasteiger partial charge on any atom is 0.317 e. The van der Waals surface area contributed by atoms with Gasteiger partial charge < -0.3 is 15.2 Å². The predicted molar refractivity (Wildman–Crippen MR) is 150 cm³/mol. The molecule has 5 unspecified atom stereocenters. The number of hydrogen-bond acceptors (Lipinski definition) is 6. The quantitative estimate of drug-likeness (QED) is 0.223. The first-order valence-electron chi connectivity index (χ1n) is 14.4. The van der Waals surface area contributed by atoms with Gasteiger partial charge in [0.25, 0.3) is 0 Å². The van der Waals surface area contributed by atoms with E-state index in [1.54, 1.807) is 12.1 Å². The van der Waals surface area contributed by atoms with Crippen molar-refractivity contribution in [2.75, 3.05) is 0 Å². The standard InChI is InChI=1S/C32H49NO5/c1-19(2)22-12-14-31(8,17-22)28(35)37-24-11-10-21(26(34)27(33)30(5,6)7)16-25(24)38-29(36)32(9)15-13-23(18-32)20(3)4/h10-11,16,19-20,22-23,27H,12-15,17-18,33H2,1-9H3. The zero-order chi connectivity index (χ0) is 28.6. The summed E-state index contributed by atoms with van der Waals surface area (Å²) >= 11 is 0. The minimum atomic E-state index is -0.732. The van der Waals surface area contributed by atoms with Crippen LogP contribution < -0.4 is 15.2 Å². The number of hydrogen-bond donors (Lipinski definition) is 1. The average molecular weight is 528 g/mol. The van der Waals surface area contributed by atoms with E-state index in [2.05, 4.69) is 27.7 Å². The van der Waals surface area contributed by atoms with E-state index in [1.165, 1.54) is 6.07 Å². The van der Waals surface area contributed by atoms with Gasteiger partial charge in [0.05, 0.1) is 16.9 Å². The molecule has 0 radical (unpaired) electrons. The first-order chi connectivity index (χ1) is 17.5. The van der Waals surface area contributed by atoms with Crippen molar-refractivity contribution in [3.63, 3.8) is 0 Å². The van der Waals surface area contributed by atoms with Gasteiger partial charge in [0.1, 0.15) is 0 Å². The SMILES string of the molecule is CC(C)C1CCC(C)(C(=O)Oc2ccc(C(=O)C(N)C(C)(C)C)cc2OC(=O)C2(C)CCC(C(C)C)C2)C1. The highest BCUT2D eigenvalue weighted by Crippen LogP contribution is 2.48. The van der Waals surface area contributed by atoms with Crippen LogP contribution in [0.3, 0.4) is 0 Å². The zero-order valence-corrected chi connectivity index (χ0v) is 25.0. The number of ketones is 1. The van der Waals surface area contributed by atoms with Crippen molar-refractivity contribution in [3.05, 3.63) is 23.8 Å². The highest BCUT2D eigenvalue weighted by molar-refractivity contribution is 6.01. The van der Waals surface area contributed by atoms with Crippen molar-refractivity contribution in [1.29, 1.82) is 0 Å². The monoisotopic (exact) mass is 527 g/mol. The van der Waals surface area contributed by atoms with E-state index in [4.69, 9.17) is 15.2 Å². The topological polar surface area (TPSA) is 95.7 Å². The number of ether oxygens (including phenoxy) is 2. The van der Waals surface area contributed by atoms with Crippen LogP contribution in [0.25, 0.3) is 0 Å². The molecule has 0 saturated heterocycles. The van der Waals surface area contributed by atoms with E-state index in [-0.39, 0.29) is 29.2 Å². The lowest BCUT2D eigenvalue weighted by atomic mass is 9.83. The molecule has 0 aromatic heterocycles. The van der Waals surface area contributed by atoms with Crippen LogP contribution in [0.1, 0.15) is 111 Å². The third-order valence-corrected chi connectivity index (χ3v) is 9.28. The Balaban J connectivity index is 1.91. The van der Waals surface area contributed by atoms with Gasteiger partial charge in [0.2, 0.25) is 0 Å². The largest absolute Gasteiger partial charge is 0.422 e. The molecule has 6 heteroatoms. The van der Waals surface area contributed by atoms with Crippen LogP contribution in [0.4, 0.5) is 0 Å². The van der Waals surface area contributed by atoms with Gasteiger partial charge in [-0.1, -0.05) is 48.5 Å². The highest BCUT2D eigenvalue weighted by Gasteiger charge is 2.45. The van der Waals surface area contributed by atoms with Crippen LogP contribution in [-0.2, 0) is 9.59 Å². The Kier molecular flexibility index (Phi) is 8.87. The van der Waals surface area contributed by atoms with E-state index < -0.39 is 22.3 Å². The second-order valence-electron chi connectivity index (χ2n) is 14.3. The van der Waals surface area contributed by atoms with Gasteiger partial charge in [-0.25, -0.2) is 0 Å². The zero-order valence-electron chi connectivity index (χ0n) is 25.0. The van der Waals surface area contributed by atoms with Gasteiger partial charge >= 0.3 is 11.9 Å². The Hall–Kier alpha value is -2.21. The fourth-order valence-corrected chi connectivity index (χ4v) is 5.93. The molecule has 212 valence electrons. The van der Waals surface area contributed by atoms with Crippen LogP contribution in [-0.4, -0.2) is 23.8 Å². The van der Waals surface area contributed by atoms with E-state index >= 15 is 0 Å². The molecule has 2 fully saturated rings. The lowest BCUT2D eigenvalue weighted by molar-refractivity contribution is -0.147. The van der Waals surface area contributed by atoms with Crippen molar-refractivity contribution in [2.45, 2.75) is 107 Å². The molecule has 38 heavy (non-hydrogen) atoms. The minimum absolute atomic E-state index is 0.103. The van der Waals surface area contributed by atoms with Crippen LogP contribution in [0.15, 0.2) is 18.2 Å². The first-order valence-corrected chi connectivity index (χ1v) is 14.4. The number of carbonyl (C=O) groups excluding carboxylic acids is 3. The van der Waals surface area contributed by atoms with Gasteiger partial charge in [-0.2, -0.15) is 0 Å². The number of carbonyl (C=O) groups is 3. The second kappa shape index (κ2) is 11.1. The number of esters is 2. The van der Waals surface area contributed by atoms with E-state index in [9.17, 15) is 14.4 Å². The fraction of sp³-hybridized carbons (Fsp3) is 0.719. The van der Waals surface area contributed by atoms with Crippen molar-refractivity contribution in [1.82, 2.24) is 0 Å². The summed E-state index contributed by atoms with van der Waals surface area (Å²) in [5.41, 5.74) is 4.93. The summed E-state index contributed by atoms with van der Waals surface area (Å²) in [5.74, 6) is 1.26. The molecule has 3 rings (SSSR count). The Morgan fingerprint density at radius 3 is 1.68 bits per heavy atom. The summed E-state index contributed by atoms with van der Waals surface area (Å²) in [6.07, 6.45) is 4.98. The average Bonchev–Trinajstić information content (AvgIpc) is 3.44. The van der Waals surface area contributed by atoms with Gasteiger partial charge in [-0.3, -0.25) is 14.4 Å². The minimum Gasteiger partial charge on any atom is -0.422 e. The van der Waals surface area contributed by atoms with Gasteiger partial charge in [0.15, 0.2) is 17.3 Å². The molecule has 1 aromatic rings. The summed E-state index contributed by atoms with van der Waals surface area (Å²) in [6, 6.07) is 3.95. The first kappa shape index (κ1) is 30.3. The molecule has 5 atom stereocenters. The normalized spacial score (nSPS) is 28.5. The van der Waals surface area contributed by atoms with Gasteiger partial charge in [0, 0.05) is 5.56 Å². The molecule has 0 aliphatic heterocycles. The molecule has 2 aliphatic rings. The van der Waals surface area contributed by atoms with E-state index in [1.807, 2.05) is 34.6 Å². The summed E-state index contributed by atoms with van der Waals surface area (Å²) in [4.78, 5) is 40.1. The lowest BCUT2D eigenvalue weighted by Crippen LogP contribution is -2.42. The highest BCUT2D eigenvalue weighted by atomic mass is 16.6. The number of benzene rings is 1. The van der Waals surface area contributed by atoms with Crippen LogP contribution in [0, 0.1) is 39.9 Å². The Morgan fingerprint density at radius 2 is 1.29 bits per heavy atom. The molecule has 6 nitrogen and oxygen atoms in total. The van der Waals surface area contributed by atoms with Gasteiger partial charge in [-0.15, -0.1) is 0 Å². The van der Waals surface area contributed by atoms with Crippen molar-refractivity contribution >= 4 is 17.7 Å². The number of nitrogens with two attached hydrogens (primary N) is 1. The summed E-state index contributed by atoms with van der Waals surface area (Å²) in [5, 5.41) is 0. The molecule has 0 bridgehead atoms. The predicted octanol–water partition coefficient (Wildman–Crippen LogP) is 6.98. The fourth-order valence-electron chi connectivity index (χ4n) is 5.93. The van der Waals surface area contributed by atoms with Crippen molar-refractivity contribution < 1.29 is 23.9 Å². The Labute approximate surface area is 229 Å². The third kappa shape index (κ3) is 6.50. The smallest absolute Gasteiger partial charge is 0.317 e. The van der Waals surface area contributed by atoms with Crippen LogP contribution in [0.5, 0.6) is 11.5 Å². The number of rotatable bonds is 8. The van der Waals surface area contributed by atoms with Crippen LogP contribution >= 0.6 is 0 Å². The molecule has 2 saturated carbocycles. The van der Waals surface area contributed by atoms with Crippen molar-refractivity contribution in [2.24, 2.45) is 45.7 Å².